The standard InChI is InChI=1S/C12H19N7S.HI/c1-4-19-8-16-18-10(19)5-14-12(13-3)15-6-11-17-9(2)7-20-11;/h7-8H,4-6H2,1-3H3,(H2,13,14,15);1H. The van der Waals surface area contributed by atoms with Gasteiger partial charge >= 0.3 is 0 Å². The van der Waals surface area contributed by atoms with E-state index in [0.29, 0.717) is 13.1 Å². The van der Waals surface area contributed by atoms with Gasteiger partial charge in [-0.25, -0.2) is 4.98 Å². The molecule has 0 saturated heterocycles. The van der Waals surface area contributed by atoms with Crippen LogP contribution in [-0.4, -0.2) is 32.8 Å². The van der Waals surface area contributed by atoms with Gasteiger partial charge < -0.3 is 15.2 Å². The van der Waals surface area contributed by atoms with Crippen molar-refractivity contribution in [2.24, 2.45) is 4.99 Å². The molecule has 0 aromatic carbocycles. The summed E-state index contributed by atoms with van der Waals surface area (Å²) in [7, 11) is 1.74. The summed E-state index contributed by atoms with van der Waals surface area (Å²) in [5, 5.41) is 17.5. The number of aliphatic imine (C=N–C) groups is 1. The van der Waals surface area contributed by atoms with Gasteiger partial charge in [-0.15, -0.1) is 45.5 Å². The molecule has 0 spiro atoms. The zero-order valence-electron chi connectivity index (χ0n) is 12.3. The van der Waals surface area contributed by atoms with Gasteiger partial charge in [-0.2, -0.15) is 0 Å². The zero-order chi connectivity index (χ0) is 14.4. The predicted molar refractivity (Wildman–Crippen MR) is 95.0 cm³/mol. The second kappa shape index (κ2) is 8.93. The van der Waals surface area contributed by atoms with Gasteiger partial charge in [-0.3, -0.25) is 4.99 Å². The molecule has 0 aliphatic carbocycles. The van der Waals surface area contributed by atoms with Crippen LogP contribution in [0.15, 0.2) is 16.7 Å². The van der Waals surface area contributed by atoms with Gasteiger partial charge in [-0.05, 0) is 13.8 Å². The molecule has 0 bridgehead atoms. The van der Waals surface area contributed by atoms with Gasteiger partial charge in [0.1, 0.15) is 11.3 Å². The second-order valence-electron chi connectivity index (χ2n) is 4.20. The van der Waals surface area contributed by atoms with Gasteiger partial charge in [0.15, 0.2) is 11.8 Å². The number of aryl methyl sites for hydroxylation is 2. The summed E-state index contributed by atoms with van der Waals surface area (Å²) in [4.78, 5) is 8.58. The van der Waals surface area contributed by atoms with E-state index in [1.807, 2.05) is 16.9 Å². The molecule has 116 valence electrons. The fourth-order valence-electron chi connectivity index (χ4n) is 1.71. The Kier molecular flexibility index (Phi) is 7.57. The predicted octanol–water partition coefficient (Wildman–Crippen LogP) is 1.55. The molecule has 7 nitrogen and oxygen atoms in total. The first kappa shape index (κ1) is 17.8. The second-order valence-corrected chi connectivity index (χ2v) is 5.14. The van der Waals surface area contributed by atoms with Crippen LogP contribution in [0.3, 0.4) is 0 Å². The third-order valence-electron chi connectivity index (χ3n) is 2.75. The number of hydrogen-bond acceptors (Lipinski definition) is 5. The molecule has 21 heavy (non-hydrogen) atoms. The Balaban J connectivity index is 0.00000220. The van der Waals surface area contributed by atoms with Crippen LogP contribution in [0.2, 0.25) is 0 Å². The highest BCUT2D eigenvalue weighted by Gasteiger charge is 2.05. The third kappa shape index (κ3) is 5.23. The van der Waals surface area contributed by atoms with E-state index < -0.39 is 0 Å². The van der Waals surface area contributed by atoms with Gasteiger partial charge in [-0.1, -0.05) is 0 Å². The Morgan fingerprint density at radius 2 is 2.14 bits per heavy atom. The topological polar surface area (TPSA) is 80.0 Å². The maximum absolute atomic E-state index is 4.40. The Hall–Kier alpha value is -1.23. The fraction of sp³-hybridized carbons (Fsp3) is 0.500. The molecule has 2 N–H and O–H groups in total. The van der Waals surface area contributed by atoms with Crippen LogP contribution in [-0.2, 0) is 19.6 Å². The maximum Gasteiger partial charge on any atom is 0.191 e. The quantitative estimate of drug-likeness (QED) is 0.435. The van der Waals surface area contributed by atoms with Crippen molar-refractivity contribution in [3.8, 4) is 0 Å². The molecule has 0 amide bonds. The minimum atomic E-state index is 0. The van der Waals surface area contributed by atoms with Crippen molar-refractivity contribution in [1.29, 1.82) is 0 Å². The van der Waals surface area contributed by atoms with Crippen molar-refractivity contribution in [1.82, 2.24) is 30.4 Å². The molecule has 2 rings (SSSR count). The van der Waals surface area contributed by atoms with Crippen LogP contribution in [0.25, 0.3) is 0 Å². The molecule has 0 fully saturated rings. The lowest BCUT2D eigenvalue weighted by atomic mass is 10.5. The van der Waals surface area contributed by atoms with Crippen LogP contribution < -0.4 is 10.6 Å². The molecule has 0 saturated carbocycles. The number of aromatic nitrogens is 4. The van der Waals surface area contributed by atoms with Gasteiger partial charge in [0, 0.05) is 24.7 Å². The summed E-state index contributed by atoms with van der Waals surface area (Å²) in [6, 6.07) is 0. The minimum Gasteiger partial charge on any atom is -0.350 e. The van der Waals surface area contributed by atoms with E-state index in [4.69, 9.17) is 0 Å². The minimum absolute atomic E-state index is 0. The number of halogens is 1. The highest BCUT2D eigenvalue weighted by Crippen LogP contribution is 2.07. The SMILES string of the molecule is CCn1cnnc1CNC(=NC)NCc1nc(C)cs1.I. The van der Waals surface area contributed by atoms with Gasteiger partial charge in [0.25, 0.3) is 0 Å². The van der Waals surface area contributed by atoms with E-state index in [-0.39, 0.29) is 24.0 Å². The highest BCUT2D eigenvalue weighted by atomic mass is 127. The Morgan fingerprint density at radius 1 is 1.38 bits per heavy atom. The molecule has 0 atom stereocenters. The van der Waals surface area contributed by atoms with Crippen molar-refractivity contribution in [3.05, 3.63) is 28.2 Å². The van der Waals surface area contributed by atoms with Crippen molar-refractivity contribution in [3.63, 3.8) is 0 Å². The zero-order valence-corrected chi connectivity index (χ0v) is 15.5. The van der Waals surface area contributed by atoms with Crippen LogP contribution in [0.5, 0.6) is 0 Å². The van der Waals surface area contributed by atoms with Crippen LogP contribution in [0.4, 0.5) is 0 Å². The Labute approximate surface area is 145 Å². The number of rotatable bonds is 5. The average molecular weight is 421 g/mol. The number of guanidine groups is 1. The smallest absolute Gasteiger partial charge is 0.191 e. The molecule has 9 heteroatoms. The fourth-order valence-corrected chi connectivity index (χ4v) is 2.42. The molecule has 0 unspecified atom stereocenters. The van der Waals surface area contributed by atoms with Crippen LogP contribution >= 0.6 is 35.3 Å². The molecule has 0 aliphatic rings. The van der Waals surface area contributed by atoms with E-state index in [1.165, 1.54) is 0 Å². The first-order valence-corrected chi connectivity index (χ1v) is 7.33. The van der Waals surface area contributed by atoms with Crippen LogP contribution in [0, 0.1) is 6.92 Å². The van der Waals surface area contributed by atoms with Gasteiger partial charge in [0.2, 0.25) is 0 Å². The van der Waals surface area contributed by atoms with E-state index in [1.54, 1.807) is 24.7 Å². The lowest BCUT2D eigenvalue weighted by Crippen LogP contribution is -2.37. The molecule has 0 aliphatic heterocycles. The first-order valence-electron chi connectivity index (χ1n) is 6.45. The summed E-state index contributed by atoms with van der Waals surface area (Å²) < 4.78 is 1.99. The highest BCUT2D eigenvalue weighted by molar-refractivity contribution is 14.0. The Morgan fingerprint density at radius 3 is 2.76 bits per heavy atom. The van der Waals surface area contributed by atoms with Crippen molar-refractivity contribution >= 4 is 41.3 Å². The van der Waals surface area contributed by atoms with Crippen molar-refractivity contribution in [2.45, 2.75) is 33.5 Å². The van der Waals surface area contributed by atoms with E-state index in [0.717, 1.165) is 29.0 Å². The third-order valence-corrected chi connectivity index (χ3v) is 3.71. The summed E-state index contributed by atoms with van der Waals surface area (Å²) in [6.07, 6.45) is 1.73. The average Bonchev–Trinajstić information content (AvgIpc) is 3.07. The summed E-state index contributed by atoms with van der Waals surface area (Å²) in [5.74, 6) is 1.61. The van der Waals surface area contributed by atoms with Crippen molar-refractivity contribution < 1.29 is 0 Å². The largest absolute Gasteiger partial charge is 0.350 e. The summed E-state index contributed by atoms with van der Waals surface area (Å²) in [6.45, 7) is 6.16. The summed E-state index contributed by atoms with van der Waals surface area (Å²) >= 11 is 1.64. The Bertz CT molecular complexity index is 578. The lowest BCUT2D eigenvalue weighted by Gasteiger charge is -2.10. The molecule has 2 aromatic heterocycles. The number of hydrogen-bond donors (Lipinski definition) is 2. The molecular weight excluding hydrogens is 401 g/mol. The van der Waals surface area contributed by atoms with E-state index in [9.17, 15) is 0 Å². The molecule has 0 radical (unpaired) electrons. The first-order chi connectivity index (χ1) is 9.72. The summed E-state index contributed by atoms with van der Waals surface area (Å²) in [5.41, 5.74) is 1.05. The number of nitrogens with zero attached hydrogens (tertiary/aromatic N) is 5. The van der Waals surface area contributed by atoms with E-state index >= 15 is 0 Å². The molecule has 2 heterocycles. The van der Waals surface area contributed by atoms with Crippen molar-refractivity contribution in [2.75, 3.05) is 7.05 Å². The molecule has 2 aromatic rings. The monoisotopic (exact) mass is 421 g/mol. The van der Waals surface area contributed by atoms with E-state index in [2.05, 4.69) is 37.7 Å². The molecular formula is C12H20IN7S. The normalized spacial score (nSPS) is 11.1. The lowest BCUT2D eigenvalue weighted by molar-refractivity contribution is 0.669. The van der Waals surface area contributed by atoms with Crippen LogP contribution in [0.1, 0.15) is 23.4 Å². The number of nitrogens with one attached hydrogen (secondary N) is 2. The number of thiazole rings is 1. The maximum atomic E-state index is 4.40. The van der Waals surface area contributed by atoms with Gasteiger partial charge in [0.05, 0.1) is 13.1 Å².